The van der Waals surface area contributed by atoms with Gasteiger partial charge in [0.05, 0.1) is 21.4 Å². The first kappa shape index (κ1) is 12.5. The SMILES string of the molecule is Cn1ncc(Br)c1C(O)c1ccc(F)c(Cl)c1. The summed E-state index contributed by atoms with van der Waals surface area (Å²) in [5.41, 5.74) is 1.10. The van der Waals surface area contributed by atoms with Gasteiger partial charge in [0.2, 0.25) is 0 Å². The first-order valence-electron chi connectivity index (χ1n) is 4.81. The largest absolute Gasteiger partial charge is 0.382 e. The summed E-state index contributed by atoms with van der Waals surface area (Å²) < 4.78 is 15.3. The molecule has 1 heterocycles. The molecule has 0 fully saturated rings. The number of aryl methyl sites for hydroxylation is 1. The van der Waals surface area contributed by atoms with Crippen LogP contribution in [0.25, 0.3) is 0 Å². The monoisotopic (exact) mass is 318 g/mol. The molecule has 0 bridgehead atoms. The summed E-state index contributed by atoms with van der Waals surface area (Å²) in [4.78, 5) is 0. The normalized spacial score (nSPS) is 12.8. The van der Waals surface area contributed by atoms with Gasteiger partial charge in [0.15, 0.2) is 0 Å². The van der Waals surface area contributed by atoms with Crippen LogP contribution < -0.4 is 0 Å². The Kier molecular flexibility index (Phi) is 3.51. The van der Waals surface area contributed by atoms with Crippen LogP contribution >= 0.6 is 27.5 Å². The van der Waals surface area contributed by atoms with Gasteiger partial charge in [-0.2, -0.15) is 5.10 Å². The molecule has 1 atom stereocenters. The molecule has 2 rings (SSSR count). The molecule has 0 aliphatic rings. The summed E-state index contributed by atoms with van der Waals surface area (Å²) in [7, 11) is 1.72. The van der Waals surface area contributed by atoms with Gasteiger partial charge in [0, 0.05) is 7.05 Å². The maximum atomic E-state index is 13.0. The lowest BCUT2D eigenvalue weighted by atomic mass is 10.1. The van der Waals surface area contributed by atoms with Crippen LogP contribution in [-0.4, -0.2) is 14.9 Å². The molecule has 0 saturated carbocycles. The maximum Gasteiger partial charge on any atom is 0.141 e. The zero-order chi connectivity index (χ0) is 12.6. The molecule has 1 unspecified atom stereocenters. The first-order chi connectivity index (χ1) is 8.00. The minimum atomic E-state index is -0.907. The van der Waals surface area contributed by atoms with E-state index >= 15 is 0 Å². The van der Waals surface area contributed by atoms with Crippen molar-refractivity contribution >= 4 is 27.5 Å². The van der Waals surface area contributed by atoms with Crippen molar-refractivity contribution in [1.29, 1.82) is 0 Å². The van der Waals surface area contributed by atoms with Crippen molar-refractivity contribution in [3.63, 3.8) is 0 Å². The van der Waals surface area contributed by atoms with Crippen molar-refractivity contribution in [2.45, 2.75) is 6.10 Å². The number of hydrogen-bond donors (Lipinski definition) is 1. The number of aliphatic hydroxyl groups excluding tert-OH is 1. The number of halogens is 3. The zero-order valence-corrected chi connectivity index (χ0v) is 11.2. The predicted octanol–water partition coefficient (Wildman–Crippen LogP) is 3.06. The Hall–Kier alpha value is -0.910. The van der Waals surface area contributed by atoms with Gasteiger partial charge in [0.1, 0.15) is 11.9 Å². The van der Waals surface area contributed by atoms with Gasteiger partial charge in [-0.3, -0.25) is 4.68 Å². The third-order valence-corrected chi connectivity index (χ3v) is 3.36. The molecular weight excluding hydrogens is 310 g/mol. The van der Waals surface area contributed by atoms with Gasteiger partial charge in [-0.15, -0.1) is 0 Å². The molecule has 6 heteroatoms. The number of rotatable bonds is 2. The number of aromatic nitrogens is 2. The highest BCUT2D eigenvalue weighted by Crippen LogP contribution is 2.29. The lowest BCUT2D eigenvalue weighted by Crippen LogP contribution is -2.07. The smallest absolute Gasteiger partial charge is 0.141 e. The van der Waals surface area contributed by atoms with E-state index in [0.717, 1.165) is 0 Å². The Morgan fingerprint density at radius 3 is 2.76 bits per heavy atom. The molecule has 90 valence electrons. The molecule has 2 aromatic rings. The van der Waals surface area contributed by atoms with Crippen LogP contribution in [0.1, 0.15) is 17.4 Å². The minimum absolute atomic E-state index is 0.0140. The summed E-state index contributed by atoms with van der Waals surface area (Å²) in [6.07, 6.45) is 0.680. The van der Waals surface area contributed by atoms with E-state index in [0.29, 0.717) is 15.7 Å². The first-order valence-corrected chi connectivity index (χ1v) is 5.98. The average Bonchev–Trinajstić information content (AvgIpc) is 2.62. The molecule has 0 aliphatic heterocycles. The van der Waals surface area contributed by atoms with E-state index < -0.39 is 11.9 Å². The van der Waals surface area contributed by atoms with Gasteiger partial charge >= 0.3 is 0 Å². The van der Waals surface area contributed by atoms with E-state index in [1.165, 1.54) is 18.2 Å². The van der Waals surface area contributed by atoms with Crippen molar-refractivity contribution in [2.75, 3.05) is 0 Å². The van der Waals surface area contributed by atoms with Crippen LogP contribution in [0.4, 0.5) is 4.39 Å². The molecular formula is C11H9BrClFN2O. The van der Waals surface area contributed by atoms with Crippen LogP contribution in [-0.2, 0) is 7.05 Å². The Labute approximate surface area is 111 Å². The van der Waals surface area contributed by atoms with Gasteiger partial charge < -0.3 is 5.11 Å². The van der Waals surface area contributed by atoms with Crippen molar-refractivity contribution in [3.05, 3.63) is 51.0 Å². The Morgan fingerprint density at radius 2 is 2.24 bits per heavy atom. The van der Waals surface area contributed by atoms with Crippen molar-refractivity contribution < 1.29 is 9.50 Å². The molecule has 17 heavy (non-hydrogen) atoms. The van der Waals surface area contributed by atoms with Crippen LogP contribution in [0.2, 0.25) is 5.02 Å². The lowest BCUT2D eigenvalue weighted by Gasteiger charge is -2.12. The van der Waals surface area contributed by atoms with E-state index in [1.54, 1.807) is 17.9 Å². The van der Waals surface area contributed by atoms with Gasteiger partial charge in [0.25, 0.3) is 0 Å². The second-order valence-corrected chi connectivity index (χ2v) is 4.84. The van der Waals surface area contributed by atoms with Crippen LogP contribution in [0.15, 0.2) is 28.9 Å². The molecule has 1 aromatic heterocycles. The van der Waals surface area contributed by atoms with E-state index in [2.05, 4.69) is 21.0 Å². The fraction of sp³-hybridized carbons (Fsp3) is 0.182. The molecule has 0 amide bonds. The highest BCUT2D eigenvalue weighted by molar-refractivity contribution is 9.10. The molecule has 0 saturated heterocycles. The van der Waals surface area contributed by atoms with Crippen LogP contribution in [0, 0.1) is 5.82 Å². The number of aliphatic hydroxyl groups is 1. The Bertz CT molecular complexity index is 539. The predicted molar refractivity (Wildman–Crippen MR) is 66.4 cm³/mol. The third-order valence-electron chi connectivity index (χ3n) is 2.46. The second kappa shape index (κ2) is 4.76. The molecule has 1 aromatic carbocycles. The van der Waals surface area contributed by atoms with Crippen LogP contribution in [0.5, 0.6) is 0 Å². The summed E-state index contributed by atoms with van der Waals surface area (Å²) in [5.74, 6) is -0.508. The number of nitrogens with zero attached hydrogens (tertiary/aromatic N) is 2. The summed E-state index contributed by atoms with van der Waals surface area (Å²) in [6.45, 7) is 0. The summed E-state index contributed by atoms with van der Waals surface area (Å²) in [6, 6.07) is 4.12. The van der Waals surface area contributed by atoms with E-state index in [9.17, 15) is 9.50 Å². The topological polar surface area (TPSA) is 38.0 Å². The lowest BCUT2D eigenvalue weighted by molar-refractivity contribution is 0.209. The number of benzene rings is 1. The molecule has 3 nitrogen and oxygen atoms in total. The Balaban J connectivity index is 2.43. The van der Waals surface area contributed by atoms with Gasteiger partial charge in [-0.1, -0.05) is 17.7 Å². The highest BCUT2D eigenvalue weighted by Gasteiger charge is 2.18. The van der Waals surface area contributed by atoms with Crippen molar-refractivity contribution in [1.82, 2.24) is 9.78 Å². The maximum absolute atomic E-state index is 13.0. The van der Waals surface area contributed by atoms with E-state index in [4.69, 9.17) is 11.6 Å². The molecule has 0 radical (unpaired) electrons. The number of hydrogen-bond acceptors (Lipinski definition) is 2. The highest BCUT2D eigenvalue weighted by atomic mass is 79.9. The van der Waals surface area contributed by atoms with Crippen molar-refractivity contribution in [2.24, 2.45) is 7.05 Å². The quantitative estimate of drug-likeness (QED) is 0.924. The third kappa shape index (κ3) is 2.36. The van der Waals surface area contributed by atoms with Crippen LogP contribution in [0.3, 0.4) is 0 Å². The summed E-state index contributed by atoms with van der Waals surface area (Å²) in [5, 5.41) is 14.2. The molecule has 0 spiro atoms. The van der Waals surface area contributed by atoms with Gasteiger partial charge in [-0.05, 0) is 33.6 Å². The van der Waals surface area contributed by atoms with E-state index in [1.807, 2.05) is 0 Å². The van der Waals surface area contributed by atoms with Crippen molar-refractivity contribution in [3.8, 4) is 0 Å². The molecule has 0 aliphatic carbocycles. The van der Waals surface area contributed by atoms with E-state index in [-0.39, 0.29) is 5.02 Å². The summed E-state index contributed by atoms with van der Waals surface area (Å²) >= 11 is 8.98. The average molecular weight is 320 g/mol. The Morgan fingerprint density at radius 1 is 1.53 bits per heavy atom. The zero-order valence-electron chi connectivity index (χ0n) is 8.86. The standard InChI is InChI=1S/C11H9BrClFN2O/c1-16-10(7(12)5-15-16)11(17)6-2-3-9(14)8(13)4-6/h2-5,11,17H,1H3. The second-order valence-electron chi connectivity index (χ2n) is 3.58. The molecule has 1 N–H and O–H groups in total. The minimum Gasteiger partial charge on any atom is -0.382 e. The fourth-order valence-electron chi connectivity index (χ4n) is 1.57. The fourth-order valence-corrected chi connectivity index (χ4v) is 2.32. The van der Waals surface area contributed by atoms with Gasteiger partial charge in [-0.25, -0.2) is 4.39 Å².